The van der Waals surface area contributed by atoms with E-state index in [1.165, 1.54) is 11.3 Å². The van der Waals surface area contributed by atoms with E-state index in [1.807, 2.05) is 17.5 Å². The first kappa shape index (κ1) is 21.7. The number of benzene rings is 1. The topological polar surface area (TPSA) is 134 Å². The van der Waals surface area contributed by atoms with Crippen molar-refractivity contribution in [3.63, 3.8) is 0 Å². The Balaban J connectivity index is 1.79. The van der Waals surface area contributed by atoms with Crippen LogP contribution in [0.2, 0.25) is 0 Å². The van der Waals surface area contributed by atoms with Crippen molar-refractivity contribution in [2.45, 2.75) is 18.1 Å². The molecule has 1 aromatic carbocycles. The van der Waals surface area contributed by atoms with Crippen LogP contribution in [0.5, 0.6) is 0 Å². The summed E-state index contributed by atoms with van der Waals surface area (Å²) in [4.78, 5) is 38.9. The van der Waals surface area contributed by atoms with Crippen LogP contribution in [0.25, 0.3) is 10.6 Å². The van der Waals surface area contributed by atoms with Crippen LogP contribution in [-0.2, 0) is 19.9 Å². The molecule has 0 aliphatic heterocycles. The van der Waals surface area contributed by atoms with Gasteiger partial charge in [0.2, 0.25) is 6.41 Å². The lowest BCUT2D eigenvalue weighted by molar-refractivity contribution is -0.129. The van der Waals surface area contributed by atoms with Gasteiger partial charge >= 0.3 is 0 Å². The summed E-state index contributed by atoms with van der Waals surface area (Å²) in [5.41, 5.74) is 7.53. The summed E-state index contributed by atoms with van der Waals surface area (Å²) in [6, 6.07) is 7.09. The number of imide groups is 1. The Bertz CT molecular complexity index is 969. The van der Waals surface area contributed by atoms with Crippen molar-refractivity contribution in [2.75, 3.05) is 13.1 Å². The van der Waals surface area contributed by atoms with Crippen molar-refractivity contribution in [2.24, 2.45) is 5.73 Å². The fourth-order valence-electron chi connectivity index (χ4n) is 3.25. The summed E-state index contributed by atoms with van der Waals surface area (Å²) in [6.07, 6.45) is 5.52. The highest BCUT2D eigenvalue weighted by Gasteiger charge is 2.36. The van der Waals surface area contributed by atoms with Crippen LogP contribution in [0.4, 0.5) is 0 Å². The Morgan fingerprint density at radius 3 is 2.73 bits per heavy atom. The Morgan fingerprint density at radius 1 is 1.33 bits per heavy atom. The van der Waals surface area contributed by atoms with Crippen LogP contribution >= 0.6 is 11.3 Å². The Hall–Kier alpha value is -2.98. The van der Waals surface area contributed by atoms with Gasteiger partial charge in [-0.15, -0.1) is 11.3 Å². The summed E-state index contributed by atoms with van der Waals surface area (Å²) in [5.74, 6) is -0.653. The molecule has 2 aromatic rings. The number of carbonyl (C=O) groups excluding carboxylic acids is 3. The number of allylic oxidation sites excluding steroid dienone is 2. The molecule has 0 saturated heterocycles. The normalized spacial score (nSPS) is 18.0. The van der Waals surface area contributed by atoms with Gasteiger partial charge in [0.05, 0.1) is 6.10 Å². The van der Waals surface area contributed by atoms with Crippen LogP contribution < -0.4 is 16.4 Å². The van der Waals surface area contributed by atoms with Crippen molar-refractivity contribution in [1.29, 1.82) is 0 Å². The molecule has 2 amide bonds. The summed E-state index contributed by atoms with van der Waals surface area (Å²) in [7, 11) is 0. The van der Waals surface area contributed by atoms with Crippen LogP contribution in [0.3, 0.4) is 0 Å². The third kappa shape index (κ3) is 4.77. The van der Waals surface area contributed by atoms with Crippen LogP contribution in [0.15, 0.2) is 59.1 Å². The van der Waals surface area contributed by atoms with Gasteiger partial charge in [0.1, 0.15) is 16.8 Å². The fraction of sp³-hybridized carbons (Fsp3) is 0.238. The van der Waals surface area contributed by atoms with Crippen molar-refractivity contribution in [1.82, 2.24) is 15.6 Å². The second kappa shape index (κ2) is 9.68. The third-order valence-electron chi connectivity index (χ3n) is 4.91. The first-order valence-corrected chi connectivity index (χ1v) is 10.1. The van der Waals surface area contributed by atoms with Gasteiger partial charge in [-0.05, 0) is 11.1 Å². The van der Waals surface area contributed by atoms with Gasteiger partial charge in [-0.2, -0.15) is 0 Å². The fourth-order valence-corrected chi connectivity index (χ4v) is 3.89. The SMILES string of the molecule is NC(CNCC1=C(C=O)C=CC(O)C1)(C(=O)NC=O)c1ccc(-c2nccs2)cc1. The largest absolute Gasteiger partial charge is 0.389 e. The zero-order valence-electron chi connectivity index (χ0n) is 16.1. The predicted molar refractivity (Wildman–Crippen MR) is 113 cm³/mol. The zero-order chi connectivity index (χ0) is 21.6. The van der Waals surface area contributed by atoms with E-state index in [1.54, 1.807) is 30.5 Å². The predicted octanol–water partition coefficient (Wildman–Crippen LogP) is 0.643. The van der Waals surface area contributed by atoms with Crippen molar-refractivity contribution in [3.8, 4) is 10.6 Å². The molecule has 0 bridgehead atoms. The van der Waals surface area contributed by atoms with Gasteiger partial charge in [-0.1, -0.05) is 36.4 Å². The second-order valence-corrected chi connectivity index (χ2v) is 7.78. The first-order chi connectivity index (χ1) is 14.5. The number of nitrogens with one attached hydrogen (secondary N) is 2. The monoisotopic (exact) mass is 426 g/mol. The summed E-state index contributed by atoms with van der Waals surface area (Å²) >= 11 is 1.50. The molecule has 2 atom stereocenters. The Morgan fingerprint density at radius 2 is 2.10 bits per heavy atom. The molecule has 1 aliphatic carbocycles. The number of nitrogens with two attached hydrogens (primary N) is 1. The number of aliphatic hydroxyl groups excluding tert-OH is 1. The minimum atomic E-state index is -1.52. The smallest absolute Gasteiger partial charge is 0.252 e. The number of aldehydes is 1. The Kier molecular flexibility index (Phi) is 7.01. The molecule has 0 saturated carbocycles. The summed E-state index contributed by atoms with van der Waals surface area (Å²) < 4.78 is 0. The van der Waals surface area contributed by atoms with Gasteiger partial charge in [0, 0.05) is 42.2 Å². The number of hydrogen-bond donors (Lipinski definition) is 4. The van der Waals surface area contributed by atoms with E-state index in [2.05, 4.69) is 15.6 Å². The lowest BCUT2D eigenvalue weighted by Crippen LogP contribution is -2.57. The standard InChI is InChI=1S/C21H22N4O4S/c22-21(20(29)25-13-27,12-23-10-16-9-18(28)6-3-15(16)11-26)17-4-1-14(2-5-17)19-24-7-8-30-19/h1-8,11,13,18,23,28H,9-10,12,22H2,(H,25,27,29). The van der Waals surface area contributed by atoms with Gasteiger partial charge in [-0.25, -0.2) is 4.98 Å². The van der Waals surface area contributed by atoms with Crippen molar-refractivity contribution >= 4 is 29.9 Å². The molecule has 5 N–H and O–H groups in total. The molecule has 1 heterocycles. The van der Waals surface area contributed by atoms with E-state index < -0.39 is 17.6 Å². The number of aromatic nitrogens is 1. The lowest BCUT2D eigenvalue weighted by atomic mass is 9.88. The average molecular weight is 426 g/mol. The van der Waals surface area contributed by atoms with E-state index in [0.717, 1.165) is 22.4 Å². The maximum Gasteiger partial charge on any atom is 0.252 e. The molecule has 1 aliphatic rings. The maximum atomic E-state index is 12.6. The molecule has 0 spiro atoms. The van der Waals surface area contributed by atoms with Crippen LogP contribution in [-0.4, -0.2) is 47.9 Å². The highest BCUT2D eigenvalue weighted by Crippen LogP contribution is 2.26. The molecule has 2 unspecified atom stereocenters. The van der Waals surface area contributed by atoms with Gasteiger partial charge in [0.15, 0.2) is 0 Å². The maximum absolute atomic E-state index is 12.6. The van der Waals surface area contributed by atoms with Crippen LogP contribution in [0.1, 0.15) is 12.0 Å². The highest BCUT2D eigenvalue weighted by atomic mass is 32.1. The summed E-state index contributed by atoms with van der Waals surface area (Å²) in [5, 5.41) is 17.7. The third-order valence-corrected chi connectivity index (χ3v) is 5.73. The number of nitrogens with zero attached hydrogens (tertiary/aromatic N) is 1. The average Bonchev–Trinajstić information content (AvgIpc) is 3.29. The molecule has 9 heteroatoms. The lowest BCUT2D eigenvalue weighted by Gasteiger charge is -2.29. The van der Waals surface area contributed by atoms with Crippen LogP contribution in [0, 0.1) is 0 Å². The molecule has 3 rings (SSSR count). The van der Waals surface area contributed by atoms with Crippen molar-refractivity contribution < 1.29 is 19.5 Å². The molecule has 8 nitrogen and oxygen atoms in total. The van der Waals surface area contributed by atoms with Gasteiger partial charge in [-0.3, -0.25) is 19.7 Å². The molecule has 30 heavy (non-hydrogen) atoms. The number of aliphatic hydroxyl groups is 1. The van der Waals surface area contributed by atoms with E-state index >= 15 is 0 Å². The zero-order valence-corrected chi connectivity index (χ0v) is 16.9. The van der Waals surface area contributed by atoms with Gasteiger partial charge in [0.25, 0.3) is 5.91 Å². The molecule has 156 valence electrons. The first-order valence-electron chi connectivity index (χ1n) is 9.26. The highest BCUT2D eigenvalue weighted by molar-refractivity contribution is 7.13. The number of hydrogen-bond acceptors (Lipinski definition) is 8. The number of rotatable bonds is 9. The Labute approximate surface area is 177 Å². The number of thiazole rings is 1. The van der Waals surface area contributed by atoms with E-state index in [4.69, 9.17) is 5.73 Å². The van der Waals surface area contributed by atoms with E-state index in [0.29, 0.717) is 24.0 Å². The summed E-state index contributed by atoms with van der Waals surface area (Å²) in [6.45, 7) is 0.276. The second-order valence-electron chi connectivity index (χ2n) is 6.89. The van der Waals surface area contributed by atoms with E-state index in [9.17, 15) is 19.5 Å². The molecule has 1 aromatic heterocycles. The number of amides is 2. The molecular weight excluding hydrogens is 404 g/mol. The minimum absolute atomic E-state index is 0.0126. The molecule has 0 radical (unpaired) electrons. The van der Waals surface area contributed by atoms with Gasteiger partial charge < -0.3 is 16.2 Å². The quantitative estimate of drug-likeness (QED) is 0.432. The minimum Gasteiger partial charge on any atom is -0.389 e. The number of carbonyl (C=O) groups is 3. The molecule has 0 fully saturated rings. The molecular formula is C21H22N4O4S. The van der Waals surface area contributed by atoms with E-state index in [-0.39, 0.29) is 13.1 Å². The van der Waals surface area contributed by atoms with Crippen molar-refractivity contribution in [3.05, 3.63) is 64.7 Å².